The molecule has 0 saturated heterocycles. The Balaban J connectivity index is 1.88. The van der Waals surface area contributed by atoms with Crippen LogP contribution in [0.4, 0.5) is 11.4 Å². The van der Waals surface area contributed by atoms with Crippen LogP contribution in [0.5, 0.6) is 0 Å². The molecule has 1 aliphatic carbocycles. The average Bonchev–Trinajstić information content (AvgIpc) is 2.57. The Morgan fingerprint density at radius 1 is 0.852 bits per heavy atom. The maximum atomic E-state index is 13.0. The molecule has 27 heavy (non-hydrogen) atoms. The van der Waals surface area contributed by atoms with Crippen molar-refractivity contribution in [3.05, 3.63) is 59.7 Å². The molecule has 0 heterocycles. The molecule has 1 fully saturated rings. The molecule has 3 N–H and O–H groups in total. The fourth-order valence-corrected chi connectivity index (χ4v) is 3.37. The van der Waals surface area contributed by atoms with Gasteiger partial charge >= 0.3 is 0 Å². The van der Waals surface area contributed by atoms with Crippen LogP contribution in [-0.2, 0) is 15.1 Å². The van der Waals surface area contributed by atoms with Crippen LogP contribution in [0, 0.1) is 0 Å². The van der Waals surface area contributed by atoms with Crippen molar-refractivity contribution in [2.24, 2.45) is 0 Å². The van der Waals surface area contributed by atoms with Crippen LogP contribution in [0.1, 0.15) is 49.0 Å². The van der Waals surface area contributed by atoms with E-state index in [9.17, 15) is 14.4 Å². The second-order valence-corrected chi connectivity index (χ2v) is 6.92. The van der Waals surface area contributed by atoms with Crippen LogP contribution in [0.15, 0.2) is 48.5 Å². The largest absolute Gasteiger partial charge is 0.343 e. The molecule has 0 atom stereocenters. The first-order valence-corrected chi connectivity index (χ1v) is 8.96. The highest BCUT2D eigenvalue weighted by Crippen LogP contribution is 2.41. The van der Waals surface area contributed by atoms with Gasteiger partial charge in [0.1, 0.15) is 0 Å². The summed E-state index contributed by atoms with van der Waals surface area (Å²) in [6.45, 7) is 2.78. The van der Waals surface area contributed by atoms with Crippen molar-refractivity contribution in [3.63, 3.8) is 0 Å². The van der Waals surface area contributed by atoms with E-state index in [4.69, 9.17) is 0 Å². The maximum Gasteiger partial charge on any atom is 0.252 e. The van der Waals surface area contributed by atoms with Crippen molar-refractivity contribution in [2.75, 3.05) is 10.6 Å². The third-order valence-electron chi connectivity index (χ3n) is 4.72. The Hall–Kier alpha value is -3.15. The van der Waals surface area contributed by atoms with Crippen LogP contribution in [0.3, 0.4) is 0 Å². The zero-order valence-electron chi connectivity index (χ0n) is 15.5. The first-order chi connectivity index (χ1) is 12.9. The molecule has 6 heteroatoms. The van der Waals surface area contributed by atoms with Crippen LogP contribution in [0.25, 0.3) is 0 Å². The quantitative estimate of drug-likeness (QED) is 0.759. The van der Waals surface area contributed by atoms with Crippen LogP contribution in [-0.4, -0.2) is 17.7 Å². The Morgan fingerprint density at radius 2 is 1.41 bits per heavy atom. The van der Waals surface area contributed by atoms with E-state index < -0.39 is 0 Å². The summed E-state index contributed by atoms with van der Waals surface area (Å²) in [6.07, 6.45) is 2.82. The summed E-state index contributed by atoms with van der Waals surface area (Å²) < 4.78 is 0. The standard InChI is InChI=1S/C21H23N3O3/c1-14(25)22-18-11-16(12-19(13-18)23-15(2)26)20(27)24-21(9-6-10-21)17-7-4-3-5-8-17/h3-5,7-8,11-13H,6,9-10H2,1-2H3,(H,22,25)(H,23,26)(H,24,27). The third-order valence-corrected chi connectivity index (χ3v) is 4.72. The molecule has 3 rings (SSSR count). The molecule has 1 saturated carbocycles. The molecular weight excluding hydrogens is 342 g/mol. The summed E-state index contributed by atoms with van der Waals surface area (Å²) in [7, 11) is 0. The Morgan fingerprint density at radius 3 is 1.85 bits per heavy atom. The lowest BCUT2D eigenvalue weighted by molar-refractivity contribution is -0.115. The lowest BCUT2D eigenvalue weighted by Crippen LogP contribution is -2.50. The fourth-order valence-electron chi connectivity index (χ4n) is 3.37. The number of anilines is 2. The van der Waals surface area contributed by atoms with E-state index in [0.29, 0.717) is 16.9 Å². The first-order valence-electron chi connectivity index (χ1n) is 8.96. The van der Waals surface area contributed by atoms with Gasteiger partial charge in [0.2, 0.25) is 11.8 Å². The predicted octanol–water partition coefficient (Wildman–Crippen LogP) is 3.41. The Bertz CT molecular complexity index is 839. The molecule has 0 unspecified atom stereocenters. The third kappa shape index (κ3) is 4.34. The number of hydrogen-bond donors (Lipinski definition) is 3. The lowest BCUT2D eigenvalue weighted by Gasteiger charge is -2.43. The lowest BCUT2D eigenvalue weighted by atomic mass is 9.71. The van der Waals surface area contributed by atoms with Crippen molar-refractivity contribution in [2.45, 2.75) is 38.6 Å². The Labute approximate surface area is 158 Å². The van der Waals surface area contributed by atoms with E-state index in [2.05, 4.69) is 16.0 Å². The van der Waals surface area contributed by atoms with Gasteiger partial charge in [0.25, 0.3) is 5.91 Å². The number of amides is 3. The second kappa shape index (κ2) is 7.61. The highest BCUT2D eigenvalue weighted by molar-refractivity contribution is 6.00. The molecule has 0 bridgehead atoms. The van der Waals surface area contributed by atoms with Gasteiger partial charge in [-0.2, -0.15) is 0 Å². The van der Waals surface area contributed by atoms with E-state index in [1.165, 1.54) is 13.8 Å². The maximum absolute atomic E-state index is 13.0. The van der Waals surface area contributed by atoms with Gasteiger partial charge in [0.05, 0.1) is 5.54 Å². The summed E-state index contributed by atoms with van der Waals surface area (Å²) in [4.78, 5) is 35.8. The fraction of sp³-hybridized carbons (Fsp3) is 0.286. The molecule has 2 aromatic rings. The molecular formula is C21H23N3O3. The zero-order chi connectivity index (χ0) is 19.4. The summed E-state index contributed by atoms with van der Waals surface area (Å²) in [5.74, 6) is -0.737. The normalized spacial score (nSPS) is 14.6. The zero-order valence-corrected chi connectivity index (χ0v) is 15.5. The Kier molecular flexibility index (Phi) is 5.26. The van der Waals surface area contributed by atoms with Gasteiger partial charge in [-0.05, 0) is 43.0 Å². The van der Waals surface area contributed by atoms with Gasteiger partial charge in [0.15, 0.2) is 0 Å². The highest BCUT2D eigenvalue weighted by atomic mass is 16.2. The molecule has 1 aliphatic rings. The van der Waals surface area contributed by atoms with Crippen LogP contribution >= 0.6 is 0 Å². The predicted molar refractivity (Wildman–Crippen MR) is 104 cm³/mol. The van der Waals surface area contributed by atoms with E-state index in [0.717, 1.165) is 24.8 Å². The minimum absolute atomic E-state index is 0.239. The smallest absolute Gasteiger partial charge is 0.252 e. The number of rotatable bonds is 5. The SMILES string of the molecule is CC(=O)Nc1cc(NC(C)=O)cc(C(=O)NC2(c3ccccc3)CCC2)c1. The number of benzene rings is 2. The molecule has 0 aromatic heterocycles. The molecule has 6 nitrogen and oxygen atoms in total. The van der Waals surface area contributed by atoms with Gasteiger partial charge < -0.3 is 16.0 Å². The molecule has 0 aliphatic heterocycles. The summed E-state index contributed by atoms with van der Waals surface area (Å²) >= 11 is 0. The number of carbonyl (C=O) groups is 3. The van der Waals surface area contributed by atoms with Crippen LogP contribution < -0.4 is 16.0 Å². The number of nitrogens with one attached hydrogen (secondary N) is 3. The van der Waals surface area contributed by atoms with Gasteiger partial charge in [-0.3, -0.25) is 14.4 Å². The monoisotopic (exact) mass is 365 g/mol. The number of hydrogen-bond acceptors (Lipinski definition) is 3. The van der Waals surface area contributed by atoms with Crippen LogP contribution in [0.2, 0.25) is 0 Å². The van der Waals surface area contributed by atoms with Gasteiger partial charge in [-0.1, -0.05) is 30.3 Å². The van der Waals surface area contributed by atoms with E-state index in [1.807, 2.05) is 30.3 Å². The minimum Gasteiger partial charge on any atom is -0.343 e. The van der Waals surface area contributed by atoms with Gasteiger partial charge in [0, 0.05) is 30.8 Å². The molecule has 140 valence electrons. The van der Waals surface area contributed by atoms with Crippen molar-refractivity contribution >= 4 is 29.1 Å². The second-order valence-electron chi connectivity index (χ2n) is 6.92. The summed E-state index contributed by atoms with van der Waals surface area (Å²) in [5.41, 5.74) is 2.02. The van der Waals surface area contributed by atoms with E-state index >= 15 is 0 Å². The van der Waals surface area contributed by atoms with Crippen molar-refractivity contribution in [1.29, 1.82) is 0 Å². The molecule has 3 amide bonds. The topological polar surface area (TPSA) is 87.3 Å². The molecule has 0 spiro atoms. The van der Waals surface area contributed by atoms with Crippen molar-refractivity contribution in [1.82, 2.24) is 5.32 Å². The molecule has 2 aromatic carbocycles. The summed E-state index contributed by atoms with van der Waals surface area (Å²) in [6, 6.07) is 14.8. The van der Waals surface area contributed by atoms with Crippen molar-refractivity contribution < 1.29 is 14.4 Å². The average molecular weight is 365 g/mol. The minimum atomic E-state index is -0.365. The number of carbonyl (C=O) groups excluding carboxylic acids is 3. The summed E-state index contributed by atoms with van der Waals surface area (Å²) in [5, 5.41) is 8.49. The van der Waals surface area contributed by atoms with E-state index in [-0.39, 0.29) is 23.3 Å². The van der Waals surface area contributed by atoms with Crippen molar-refractivity contribution in [3.8, 4) is 0 Å². The van der Waals surface area contributed by atoms with Gasteiger partial charge in [-0.25, -0.2) is 0 Å². The van der Waals surface area contributed by atoms with Gasteiger partial charge in [-0.15, -0.1) is 0 Å². The van der Waals surface area contributed by atoms with E-state index in [1.54, 1.807) is 18.2 Å². The molecule has 0 radical (unpaired) electrons. The highest BCUT2D eigenvalue weighted by Gasteiger charge is 2.40. The first kappa shape index (κ1) is 18.6.